The quantitative estimate of drug-likeness (QED) is 0.881. The summed E-state index contributed by atoms with van der Waals surface area (Å²) in [5.74, 6) is 0.397. The van der Waals surface area contributed by atoms with Crippen molar-refractivity contribution in [3.8, 4) is 0 Å². The number of carboxylic acids is 1. The highest BCUT2D eigenvalue weighted by molar-refractivity contribution is 5.88. The number of hydrogen-bond donors (Lipinski definition) is 2. The lowest BCUT2D eigenvalue weighted by Crippen LogP contribution is -2.31. The standard InChI is InChI=1S/C17H26N2O2/c1-11-7-5-6-8-13(11)18-15-10-12(16(20)21)9-14(19-15)17(2,3)4/h9-11,13H,5-8H2,1-4H3,(H,18,19)(H,20,21). The minimum absolute atomic E-state index is 0.167. The van der Waals surface area contributed by atoms with E-state index in [0.717, 1.165) is 12.1 Å². The Hall–Kier alpha value is -1.58. The lowest BCUT2D eigenvalue weighted by Gasteiger charge is -2.30. The van der Waals surface area contributed by atoms with E-state index >= 15 is 0 Å². The second-order valence-corrected chi connectivity index (χ2v) is 7.19. The van der Waals surface area contributed by atoms with Gasteiger partial charge < -0.3 is 10.4 Å². The molecule has 4 nitrogen and oxygen atoms in total. The van der Waals surface area contributed by atoms with E-state index in [1.54, 1.807) is 12.1 Å². The predicted octanol–water partition coefficient (Wildman–Crippen LogP) is 4.07. The monoisotopic (exact) mass is 290 g/mol. The van der Waals surface area contributed by atoms with Crippen LogP contribution >= 0.6 is 0 Å². The smallest absolute Gasteiger partial charge is 0.335 e. The fourth-order valence-corrected chi connectivity index (χ4v) is 2.83. The first kappa shape index (κ1) is 15.8. The molecule has 0 amide bonds. The second-order valence-electron chi connectivity index (χ2n) is 7.19. The molecule has 0 aliphatic heterocycles. The third-order valence-corrected chi connectivity index (χ3v) is 4.29. The van der Waals surface area contributed by atoms with Gasteiger partial charge in [0.15, 0.2) is 0 Å². The molecule has 2 rings (SSSR count). The van der Waals surface area contributed by atoms with Gasteiger partial charge in [-0.3, -0.25) is 0 Å². The Kier molecular flexibility index (Phi) is 4.55. The van der Waals surface area contributed by atoms with E-state index in [2.05, 4.69) is 17.2 Å². The van der Waals surface area contributed by atoms with Gasteiger partial charge in [-0.1, -0.05) is 40.5 Å². The lowest BCUT2D eigenvalue weighted by atomic mass is 9.86. The number of nitrogens with one attached hydrogen (secondary N) is 1. The van der Waals surface area contributed by atoms with Gasteiger partial charge in [-0.05, 0) is 30.9 Å². The van der Waals surface area contributed by atoms with Crippen molar-refractivity contribution in [3.63, 3.8) is 0 Å². The molecule has 1 saturated carbocycles. The number of hydrogen-bond acceptors (Lipinski definition) is 3. The number of aromatic carboxylic acids is 1. The molecule has 1 aliphatic rings. The second kappa shape index (κ2) is 6.04. The molecule has 21 heavy (non-hydrogen) atoms. The number of nitrogens with zero attached hydrogens (tertiary/aromatic N) is 1. The van der Waals surface area contributed by atoms with E-state index in [0.29, 0.717) is 23.3 Å². The van der Waals surface area contributed by atoms with Gasteiger partial charge in [0, 0.05) is 17.2 Å². The topological polar surface area (TPSA) is 62.2 Å². The highest BCUT2D eigenvalue weighted by atomic mass is 16.4. The van der Waals surface area contributed by atoms with E-state index < -0.39 is 5.97 Å². The van der Waals surface area contributed by atoms with Crippen LogP contribution in [-0.2, 0) is 5.41 Å². The fourth-order valence-electron chi connectivity index (χ4n) is 2.83. The van der Waals surface area contributed by atoms with Gasteiger partial charge in [0.05, 0.1) is 5.56 Å². The molecule has 0 aromatic carbocycles. The van der Waals surface area contributed by atoms with Crippen LogP contribution in [0.4, 0.5) is 5.82 Å². The first-order valence-corrected chi connectivity index (χ1v) is 7.80. The normalized spacial score (nSPS) is 22.9. The molecule has 0 radical (unpaired) electrons. The summed E-state index contributed by atoms with van der Waals surface area (Å²) in [7, 11) is 0. The van der Waals surface area contributed by atoms with Crippen LogP contribution in [-0.4, -0.2) is 22.1 Å². The molecule has 4 heteroatoms. The summed E-state index contributed by atoms with van der Waals surface area (Å²) in [4.78, 5) is 16.0. The molecule has 1 heterocycles. The molecule has 2 unspecified atom stereocenters. The number of anilines is 1. The molecule has 0 bridgehead atoms. The summed E-state index contributed by atoms with van der Waals surface area (Å²) >= 11 is 0. The van der Waals surface area contributed by atoms with Crippen molar-refractivity contribution in [1.29, 1.82) is 0 Å². The SMILES string of the molecule is CC1CCCCC1Nc1cc(C(=O)O)cc(C(C)(C)C)n1. The molecule has 2 N–H and O–H groups in total. The van der Waals surface area contributed by atoms with Crippen molar-refractivity contribution in [3.05, 3.63) is 23.4 Å². The summed E-state index contributed by atoms with van der Waals surface area (Å²) < 4.78 is 0. The molecule has 1 aromatic rings. The van der Waals surface area contributed by atoms with Crippen molar-refractivity contribution < 1.29 is 9.90 Å². The van der Waals surface area contributed by atoms with Crippen molar-refractivity contribution >= 4 is 11.8 Å². The summed E-state index contributed by atoms with van der Waals surface area (Å²) in [6.07, 6.45) is 4.87. The minimum atomic E-state index is -0.900. The largest absolute Gasteiger partial charge is 0.478 e. The lowest BCUT2D eigenvalue weighted by molar-refractivity contribution is 0.0696. The summed E-state index contributed by atoms with van der Waals surface area (Å²) in [6, 6.07) is 3.72. The summed E-state index contributed by atoms with van der Waals surface area (Å²) in [6.45, 7) is 8.40. The van der Waals surface area contributed by atoms with E-state index in [4.69, 9.17) is 0 Å². The number of pyridine rings is 1. The maximum absolute atomic E-state index is 11.3. The maximum Gasteiger partial charge on any atom is 0.335 e. The first-order valence-electron chi connectivity index (χ1n) is 7.80. The van der Waals surface area contributed by atoms with Gasteiger partial charge in [0.2, 0.25) is 0 Å². The van der Waals surface area contributed by atoms with Crippen molar-refractivity contribution in [2.75, 3.05) is 5.32 Å². The molecule has 1 aromatic heterocycles. The Labute approximate surface area is 127 Å². The van der Waals surface area contributed by atoms with Crippen molar-refractivity contribution in [2.45, 2.75) is 64.8 Å². The van der Waals surface area contributed by atoms with Crippen molar-refractivity contribution in [1.82, 2.24) is 4.98 Å². The third-order valence-electron chi connectivity index (χ3n) is 4.29. The predicted molar refractivity (Wildman–Crippen MR) is 84.9 cm³/mol. The van der Waals surface area contributed by atoms with Crippen LogP contribution in [0.5, 0.6) is 0 Å². The number of aromatic nitrogens is 1. The molecule has 116 valence electrons. The van der Waals surface area contributed by atoms with Gasteiger partial charge in [-0.2, -0.15) is 0 Å². The van der Waals surface area contributed by atoms with Crippen LogP contribution in [0.2, 0.25) is 0 Å². The molecule has 2 atom stereocenters. The zero-order valence-electron chi connectivity index (χ0n) is 13.4. The molecular weight excluding hydrogens is 264 g/mol. The Morgan fingerprint density at radius 3 is 2.52 bits per heavy atom. The van der Waals surface area contributed by atoms with Crippen LogP contribution in [0.25, 0.3) is 0 Å². The fraction of sp³-hybridized carbons (Fsp3) is 0.647. The Morgan fingerprint density at radius 1 is 1.29 bits per heavy atom. The highest BCUT2D eigenvalue weighted by Gasteiger charge is 2.23. The average molecular weight is 290 g/mol. The number of carbonyl (C=O) groups is 1. The van der Waals surface area contributed by atoms with Gasteiger partial charge in [-0.15, -0.1) is 0 Å². The van der Waals surface area contributed by atoms with Gasteiger partial charge in [0.1, 0.15) is 5.82 Å². The molecule has 1 fully saturated rings. The van der Waals surface area contributed by atoms with Crippen LogP contribution in [0, 0.1) is 5.92 Å². The molecule has 0 spiro atoms. The van der Waals surface area contributed by atoms with E-state index in [9.17, 15) is 9.90 Å². The van der Waals surface area contributed by atoms with Crippen LogP contribution in [0.3, 0.4) is 0 Å². The molecule has 0 saturated heterocycles. The maximum atomic E-state index is 11.3. The molecule has 1 aliphatic carbocycles. The molecular formula is C17H26N2O2. The zero-order valence-corrected chi connectivity index (χ0v) is 13.4. The van der Waals surface area contributed by atoms with Gasteiger partial charge >= 0.3 is 5.97 Å². The Balaban J connectivity index is 2.29. The van der Waals surface area contributed by atoms with E-state index in [1.807, 2.05) is 20.8 Å². The minimum Gasteiger partial charge on any atom is -0.478 e. The number of rotatable bonds is 3. The summed E-state index contributed by atoms with van der Waals surface area (Å²) in [5, 5.41) is 12.8. The zero-order chi connectivity index (χ0) is 15.6. The number of carboxylic acid groups (broad SMARTS) is 1. The Bertz CT molecular complexity index is 520. The van der Waals surface area contributed by atoms with Crippen LogP contribution < -0.4 is 5.32 Å². The van der Waals surface area contributed by atoms with Gasteiger partial charge in [-0.25, -0.2) is 9.78 Å². The van der Waals surface area contributed by atoms with Gasteiger partial charge in [0.25, 0.3) is 0 Å². The van der Waals surface area contributed by atoms with E-state index in [1.165, 1.54) is 19.3 Å². The third kappa shape index (κ3) is 3.96. The van der Waals surface area contributed by atoms with Crippen LogP contribution in [0.1, 0.15) is 69.4 Å². The average Bonchev–Trinajstić information content (AvgIpc) is 2.40. The first-order chi connectivity index (χ1) is 9.77. The van der Waals surface area contributed by atoms with Crippen molar-refractivity contribution in [2.24, 2.45) is 5.92 Å². The summed E-state index contributed by atoms with van der Waals surface area (Å²) in [5.41, 5.74) is 0.953. The Morgan fingerprint density at radius 2 is 1.95 bits per heavy atom. The highest BCUT2D eigenvalue weighted by Crippen LogP contribution is 2.28. The van der Waals surface area contributed by atoms with E-state index in [-0.39, 0.29) is 5.41 Å². The van der Waals surface area contributed by atoms with Crippen LogP contribution in [0.15, 0.2) is 12.1 Å².